The molecular weight excluding hydrogens is 194 g/mol. The Hall–Kier alpha value is -1.37. The lowest BCUT2D eigenvalue weighted by molar-refractivity contribution is 1.13. The minimum absolute atomic E-state index is 1.05. The molecule has 1 aromatic carbocycles. The molecule has 2 aromatic rings. The Kier molecular flexibility index (Phi) is 8.14. The Morgan fingerprint density at radius 1 is 0.938 bits per heavy atom. The Bertz CT molecular complexity index is 388. The molecule has 1 nitrogen and oxygen atoms in total. The highest BCUT2D eigenvalue weighted by molar-refractivity contribution is 5.84. The van der Waals surface area contributed by atoms with Gasteiger partial charge in [0.1, 0.15) is 0 Å². The van der Waals surface area contributed by atoms with Crippen molar-refractivity contribution in [3.05, 3.63) is 42.2 Å². The van der Waals surface area contributed by atoms with Gasteiger partial charge in [0.15, 0.2) is 0 Å². The summed E-state index contributed by atoms with van der Waals surface area (Å²) in [5.74, 6) is 0. The summed E-state index contributed by atoms with van der Waals surface area (Å²) in [5.41, 5.74) is 1.33. The monoisotopic (exact) mass is 217 g/mol. The highest BCUT2D eigenvalue weighted by atomic mass is 14.6. The van der Waals surface area contributed by atoms with Gasteiger partial charge >= 0.3 is 0 Å². The highest BCUT2D eigenvalue weighted by Crippen LogP contribution is 2.16. The van der Waals surface area contributed by atoms with Crippen LogP contribution in [0.3, 0.4) is 0 Å². The van der Waals surface area contributed by atoms with Gasteiger partial charge in [0.25, 0.3) is 0 Å². The molecule has 0 saturated heterocycles. The summed E-state index contributed by atoms with van der Waals surface area (Å²) in [6.45, 7) is 10.2. The zero-order chi connectivity index (χ0) is 12.4. The van der Waals surface area contributed by atoms with Crippen molar-refractivity contribution in [2.75, 3.05) is 0 Å². The molecule has 0 N–H and O–H groups in total. The molecule has 0 unspecified atom stereocenters. The van der Waals surface area contributed by atoms with Gasteiger partial charge in [-0.15, -0.1) is 0 Å². The van der Waals surface area contributed by atoms with Gasteiger partial charge in [-0.05, 0) is 17.4 Å². The van der Waals surface area contributed by atoms with Crippen LogP contribution in [-0.4, -0.2) is 4.98 Å². The molecule has 0 aliphatic rings. The molecule has 1 heterocycles. The number of aryl methyl sites for hydroxylation is 1. The van der Waals surface area contributed by atoms with Gasteiger partial charge in [-0.3, -0.25) is 4.98 Å². The molecule has 0 saturated carbocycles. The number of pyridine rings is 1. The van der Waals surface area contributed by atoms with Gasteiger partial charge in [0, 0.05) is 17.8 Å². The third-order valence-corrected chi connectivity index (χ3v) is 2.13. The van der Waals surface area contributed by atoms with Crippen molar-refractivity contribution in [2.24, 2.45) is 0 Å². The first-order chi connectivity index (χ1) is 7.92. The number of benzene rings is 1. The van der Waals surface area contributed by atoms with Crippen LogP contribution in [0.4, 0.5) is 0 Å². The molecule has 0 atom stereocenters. The fourth-order valence-corrected chi connectivity index (χ4v) is 1.46. The van der Waals surface area contributed by atoms with E-state index in [0.29, 0.717) is 0 Å². The van der Waals surface area contributed by atoms with Gasteiger partial charge in [-0.1, -0.05) is 58.9 Å². The minimum Gasteiger partial charge on any atom is -0.264 e. The molecule has 2 rings (SSSR count). The van der Waals surface area contributed by atoms with E-state index in [2.05, 4.69) is 30.1 Å². The lowest BCUT2D eigenvalue weighted by atomic mass is 10.1. The second-order valence-corrected chi connectivity index (χ2v) is 2.87. The molecule has 0 radical (unpaired) electrons. The molecule has 0 amide bonds. The lowest BCUT2D eigenvalue weighted by Crippen LogP contribution is -1.84. The summed E-state index contributed by atoms with van der Waals surface area (Å²) in [7, 11) is 0. The molecule has 0 bridgehead atoms. The van der Waals surface area contributed by atoms with E-state index < -0.39 is 0 Å². The maximum atomic E-state index is 4.18. The van der Waals surface area contributed by atoms with E-state index in [0.717, 1.165) is 6.42 Å². The van der Waals surface area contributed by atoms with Crippen LogP contribution in [0, 0.1) is 0 Å². The lowest BCUT2D eigenvalue weighted by Gasteiger charge is -2.01. The summed E-state index contributed by atoms with van der Waals surface area (Å²) in [5, 5.41) is 2.56. The number of rotatable bonds is 1. The average Bonchev–Trinajstić information content (AvgIpc) is 2.42. The molecule has 0 aliphatic carbocycles. The summed E-state index contributed by atoms with van der Waals surface area (Å²) < 4.78 is 0. The molecule has 0 spiro atoms. The second-order valence-electron chi connectivity index (χ2n) is 2.87. The normalized spacial score (nSPS) is 8.56. The SMILES string of the molecule is CC.CC.CCc1cncc2ccccc12. The van der Waals surface area contributed by atoms with Gasteiger partial charge in [-0.25, -0.2) is 0 Å². The molecule has 1 heteroatoms. The maximum absolute atomic E-state index is 4.18. The number of hydrogen-bond donors (Lipinski definition) is 0. The smallest absolute Gasteiger partial charge is 0.0346 e. The van der Waals surface area contributed by atoms with Crippen LogP contribution >= 0.6 is 0 Å². The van der Waals surface area contributed by atoms with Crippen molar-refractivity contribution in [3.63, 3.8) is 0 Å². The molecule has 88 valence electrons. The number of fused-ring (bicyclic) bond motifs is 1. The van der Waals surface area contributed by atoms with Gasteiger partial charge in [-0.2, -0.15) is 0 Å². The van der Waals surface area contributed by atoms with Crippen molar-refractivity contribution in [1.82, 2.24) is 4.98 Å². The van der Waals surface area contributed by atoms with E-state index in [4.69, 9.17) is 0 Å². The van der Waals surface area contributed by atoms with Crippen molar-refractivity contribution in [3.8, 4) is 0 Å². The molecule has 1 aromatic heterocycles. The fourth-order valence-electron chi connectivity index (χ4n) is 1.46. The predicted octanol–water partition coefficient (Wildman–Crippen LogP) is 4.85. The van der Waals surface area contributed by atoms with Gasteiger partial charge < -0.3 is 0 Å². The number of aromatic nitrogens is 1. The quantitative estimate of drug-likeness (QED) is 0.665. The van der Waals surface area contributed by atoms with Gasteiger partial charge in [0.05, 0.1) is 0 Å². The molecule has 0 aliphatic heterocycles. The molecule has 0 fully saturated rings. The van der Waals surface area contributed by atoms with Crippen LogP contribution in [0.25, 0.3) is 10.8 Å². The van der Waals surface area contributed by atoms with E-state index in [9.17, 15) is 0 Å². The summed E-state index contributed by atoms with van der Waals surface area (Å²) in [4.78, 5) is 4.18. The Labute approximate surface area is 99.5 Å². The summed E-state index contributed by atoms with van der Waals surface area (Å²) >= 11 is 0. The van der Waals surface area contributed by atoms with Crippen LogP contribution in [0.2, 0.25) is 0 Å². The van der Waals surface area contributed by atoms with E-state index in [1.807, 2.05) is 46.2 Å². The molecule has 16 heavy (non-hydrogen) atoms. The van der Waals surface area contributed by atoms with E-state index in [1.54, 1.807) is 0 Å². The Balaban J connectivity index is 0.000000509. The maximum Gasteiger partial charge on any atom is 0.0346 e. The first-order valence-electron chi connectivity index (χ1n) is 6.23. The zero-order valence-electron chi connectivity index (χ0n) is 11.1. The zero-order valence-corrected chi connectivity index (χ0v) is 11.1. The standard InChI is InChI=1S/C11H11N.2C2H6/c1-2-9-7-12-8-10-5-3-4-6-11(9)10;2*1-2/h3-8H,2H2,1H3;2*1-2H3. The van der Waals surface area contributed by atoms with Crippen LogP contribution in [-0.2, 0) is 6.42 Å². The number of nitrogens with zero attached hydrogens (tertiary/aromatic N) is 1. The predicted molar refractivity (Wildman–Crippen MR) is 73.8 cm³/mol. The average molecular weight is 217 g/mol. The van der Waals surface area contributed by atoms with Crippen molar-refractivity contribution in [1.29, 1.82) is 0 Å². The third-order valence-electron chi connectivity index (χ3n) is 2.13. The fraction of sp³-hybridized carbons (Fsp3) is 0.400. The summed E-state index contributed by atoms with van der Waals surface area (Å²) in [6, 6.07) is 8.36. The van der Waals surface area contributed by atoms with E-state index in [1.165, 1.54) is 16.3 Å². The van der Waals surface area contributed by atoms with Crippen molar-refractivity contribution >= 4 is 10.8 Å². The Morgan fingerprint density at radius 2 is 1.56 bits per heavy atom. The first kappa shape index (κ1) is 14.6. The minimum atomic E-state index is 1.05. The second kappa shape index (κ2) is 8.90. The number of hydrogen-bond acceptors (Lipinski definition) is 1. The van der Waals surface area contributed by atoms with Crippen molar-refractivity contribution in [2.45, 2.75) is 41.0 Å². The Morgan fingerprint density at radius 3 is 2.19 bits per heavy atom. The molecular formula is C15H23N. The van der Waals surface area contributed by atoms with Crippen LogP contribution in [0.15, 0.2) is 36.7 Å². The largest absolute Gasteiger partial charge is 0.264 e. The highest BCUT2D eigenvalue weighted by Gasteiger charge is 1.96. The van der Waals surface area contributed by atoms with Crippen LogP contribution in [0.1, 0.15) is 40.2 Å². The third kappa shape index (κ3) is 3.65. The van der Waals surface area contributed by atoms with Crippen LogP contribution < -0.4 is 0 Å². The van der Waals surface area contributed by atoms with E-state index in [-0.39, 0.29) is 0 Å². The summed E-state index contributed by atoms with van der Waals surface area (Å²) in [6.07, 6.45) is 4.91. The topological polar surface area (TPSA) is 12.9 Å². The first-order valence-corrected chi connectivity index (χ1v) is 6.23. The van der Waals surface area contributed by atoms with Crippen molar-refractivity contribution < 1.29 is 0 Å². The van der Waals surface area contributed by atoms with Gasteiger partial charge in [0.2, 0.25) is 0 Å². The van der Waals surface area contributed by atoms with Crippen LogP contribution in [0.5, 0.6) is 0 Å². The van der Waals surface area contributed by atoms with E-state index >= 15 is 0 Å².